The van der Waals surface area contributed by atoms with Crippen molar-refractivity contribution in [2.24, 2.45) is 0 Å². The lowest BCUT2D eigenvalue weighted by Gasteiger charge is -2.07. The summed E-state index contributed by atoms with van der Waals surface area (Å²) in [6.45, 7) is 2.02. The summed E-state index contributed by atoms with van der Waals surface area (Å²) in [6, 6.07) is 7.78. The molecular weight excluding hydrogens is 302 g/mol. The molecule has 9 nitrogen and oxygen atoms in total. The third-order valence-corrected chi connectivity index (χ3v) is 2.98. The van der Waals surface area contributed by atoms with Gasteiger partial charge in [0.2, 0.25) is 0 Å². The lowest BCUT2D eigenvalue weighted by molar-refractivity contribution is -0.384. The number of hydrogen-bond acceptors (Lipinski definition) is 6. The molecule has 1 N–H and O–H groups in total. The molecule has 0 bridgehead atoms. The minimum absolute atomic E-state index is 0.00584. The normalized spacial score (nSPS) is 9.91. The predicted octanol–water partition coefficient (Wildman–Crippen LogP) is 1.30. The van der Waals surface area contributed by atoms with E-state index >= 15 is 0 Å². The lowest BCUT2D eigenvalue weighted by Crippen LogP contribution is -2.25. The molecule has 0 fully saturated rings. The van der Waals surface area contributed by atoms with Crippen molar-refractivity contribution in [3.05, 3.63) is 62.1 Å². The second-order valence-electron chi connectivity index (χ2n) is 4.43. The van der Waals surface area contributed by atoms with Crippen molar-refractivity contribution < 1.29 is 9.72 Å². The zero-order valence-electron chi connectivity index (χ0n) is 12.0. The number of nitrogens with one attached hydrogen (secondary N) is 1. The lowest BCUT2D eigenvalue weighted by atomic mass is 10.1. The summed E-state index contributed by atoms with van der Waals surface area (Å²) in [6.07, 6.45) is 0. The van der Waals surface area contributed by atoms with Crippen LogP contribution in [0.5, 0.6) is 0 Å². The van der Waals surface area contributed by atoms with Gasteiger partial charge in [-0.15, -0.1) is 0 Å². The van der Waals surface area contributed by atoms with Gasteiger partial charge in [0.15, 0.2) is 0 Å². The number of nitro groups is 1. The molecule has 0 unspecified atom stereocenters. The Morgan fingerprint density at radius 3 is 2.78 bits per heavy atom. The second-order valence-corrected chi connectivity index (χ2v) is 4.43. The van der Waals surface area contributed by atoms with Crippen LogP contribution in [-0.2, 0) is 6.54 Å². The highest BCUT2D eigenvalue weighted by molar-refractivity contribution is 6.03. The van der Waals surface area contributed by atoms with E-state index in [1.54, 1.807) is 13.0 Å². The Hall–Kier alpha value is -3.54. The van der Waals surface area contributed by atoms with Crippen LogP contribution in [0.3, 0.4) is 0 Å². The monoisotopic (exact) mass is 313 g/mol. The molecule has 0 aliphatic rings. The number of anilines is 1. The quantitative estimate of drug-likeness (QED) is 0.668. The van der Waals surface area contributed by atoms with Gasteiger partial charge in [-0.3, -0.25) is 19.7 Å². The number of amides is 1. The summed E-state index contributed by atoms with van der Waals surface area (Å²) in [7, 11) is 0. The molecule has 0 radical (unpaired) electrons. The summed E-state index contributed by atoms with van der Waals surface area (Å²) in [5, 5.41) is 26.1. The first kappa shape index (κ1) is 15.8. The van der Waals surface area contributed by atoms with E-state index < -0.39 is 10.8 Å². The zero-order valence-corrected chi connectivity index (χ0v) is 12.0. The molecule has 1 aromatic heterocycles. The van der Waals surface area contributed by atoms with E-state index in [4.69, 9.17) is 5.26 Å². The molecule has 2 aromatic rings. The molecule has 0 atom stereocenters. The summed E-state index contributed by atoms with van der Waals surface area (Å²) < 4.78 is 1.12. The Bertz CT molecular complexity index is 881. The molecule has 0 saturated carbocycles. The molecule has 2 rings (SSSR count). The standard InChI is InChI=1S/C14H11N5O4/c1-2-18-13(20)6-5-12(17-18)14(21)16-11-4-3-10(19(22)23)7-9(11)8-15/h3-7H,2H2,1H3,(H,16,21). The van der Waals surface area contributed by atoms with Gasteiger partial charge in [-0.2, -0.15) is 10.4 Å². The maximum atomic E-state index is 12.1. The largest absolute Gasteiger partial charge is 0.319 e. The van der Waals surface area contributed by atoms with Crippen molar-refractivity contribution in [2.45, 2.75) is 13.5 Å². The average molecular weight is 313 g/mol. The maximum Gasteiger partial charge on any atom is 0.276 e. The van der Waals surface area contributed by atoms with E-state index in [1.165, 1.54) is 24.3 Å². The average Bonchev–Trinajstić information content (AvgIpc) is 2.55. The Morgan fingerprint density at radius 2 is 2.17 bits per heavy atom. The van der Waals surface area contributed by atoms with Gasteiger partial charge in [-0.25, -0.2) is 4.68 Å². The number of hydrogen-bond donors (Lipinski definition) is 1. The van der Waals surface area contributed by atoms with Crippen molar-refractivity contribution in [3.8, 4) is 6.07 Å². The Labute approximate surface area is 129 Å². The van der Waals surface area contributed by atoms with Gasteiger partial charge in [0.1, 0.15) is 11.8 Å². The summed E-state index contributed by atoms with van der Waals surface area (Å²) in [4.78, 5) is 33.7. The van der Waals surface area contributed by atoms with Gasteiger partial charge in [0.05, 0.1) is 16.2 Å². The molecule has 0 aliphatic heterocycles. The van der Waals surface area contributed by atoms with E-state index in [9.17, 15) is 19.7 Å². The van der Waals surface area contributed by atoms with Gasteiger partial charge in [-0.05, 0) is 19.1 Å². The number of nitriles is 1. The second kappa shape index (κ2) is 6.48. The number of benzene rings is 1. The molecule has 0 saturated heterocycles. The molecule has 1 heterocycles. The van der Waals surface area contributed by atoms with Crippen LogP contribution in [0.15, 0.2) is 35.1 Å². The number of nitrogens with zero attached hydrogens (tertiary/aromatic N) is 4. The van der Waals surface area contributed by atoms with E-state index in [1.807, 2.05) is 0 Å². The van der Waals surface area contributed by atoms with Crippen molar-refractivity contribution in [3.63, 3.8) is 0 Å². The van der Waals surface area contributed by atoms with Crippen LogP contribution in [-0.4, -0.2) is 20.6 Å². The van der Waals surface area contributed by atoms with Gasteiger partial charge >= 0.3 is 0 Å². The molecule has 1 amide bonds. The van der Waals surface area contributed by atoms with Crippen LogP contribution >= 0.6 is 0 Å². The van der Waals surface area contributed by atoms with Crippen LogP contribution in [0.2, 0.25) is 0 Å². The fourth-order valence-corrected chi connectivity index (χ4v) is 1.83. The fraction of sp³-hybridized carbons (Fsp3) is 0.143. The SMILES string of the molecule is CCn1nc(C(=O)Nc2ccc([N+](=O)[O-])cc2C#N)ccc1=O. The van der Waals surface area contributed by atoms with Gasteiger partial charge in [0, 0.05) is 24.7 Å². The number of nitro benzene ring substituents is 1. The van der Waals surface area contributed by atoms with Gasteiger partial charge < -0.3 is 5.32 Å². The van der Waals surface area contributed by atoms with E-state index in [-0.39, 0.29) is 28.2 Å². The summed E-state index contributed by atoms with van der Waals surface area (Å²) >= 11 is 0. The fourth-order valence-electron chi connectivity index (χ4n) is 1.83. The minimum atomic E-state index is -0.634. The Balaban J connectivity index is 2.32. The van der Waals surface area contributed by atoms with E-state index in [0.29, 0.717) is 6.54 Å². The first-order chi connectivity index (χ1) is 11.0. The van der Waals surface area contributed by atoms with Crippen LogP contribution in [0.4, 0.5) is 11.4 Å². The molecule has 0 spiro atoms. The predicted molar refractivity (Wildman–Crippen MR) is 79.9 cm³/mol. The van der Waals surface area contributed by atoms with Gasteiger partial charge in [0.25, 0.3) is 17.2 Å². The summed E-state index contributed by atoms with van der Waals surface area (Å²) in [5.41, 5.74) is -0.515. The number of carbonyl (C=O) groups is 1. The smallest absolute Gasteiger partial charge is 0.276 e. The Morgan fingerprint density at radius 1 is 1.43 bits per heavy atom. The van der Waals surface area contributed by atoms with Crippen molar-refractivity contribution in [1.29, 1.82) is 5.26 Å². The van der Waals surface area contributed by atoms with Crippen LogP contribution in [0, 0.1) is 21.4 Å². The number of non-ortho nitro benzene ring substituents is 1. The van der Waals surface area contributed by atoms with E-state index in [2.05, 4.69) is 10.4 Å². The molecule has 9 heteroatoms. The third-order valence-electron chi connectivity index (χ3n) is 2.98. The number of carbonyl (C=O) groups excluding carboxylic acids is 1. The highest BCUT2D eigenvalue weighted by Crippen LogP contribution is 2.21. The summed E-state index contributed by atoms with van der Waals surface area (Å²) in [5.74, 6) is -0.627. The third kappa shape index (κ3) is 3.38. The molecule has 1 aromatic carbocycles. The highest BCUT2D eigenvalue weighted by atomic mass is 16.6. The first-order valence-corrected chi connectivity index (χ1v) is 6.54. The van der Waals surface area contributed by atoms with Crippen LogP contribution in [0.1, 0.15) is 23.0 Å². The highest BCUT2D eigenvalue weighted by Gasteiger charge is 2.15. The number of aromatic nitrogens is 2. The van der Waals surface area contributed by atoms with E-state index in [0.717, 1.165) is 10.7 Å². The maximum absolute atomic E-state index is 12.1. The molecule has 23 heavy (non-hydrogen) atoms. The first-order valence-electron chi connectivity index (χ1n) is 6.54. The number of rotatable bonds is 4. The van der Waals surface area contributed by atoms with Crippen molar-refractivity contribution in [2.75, 3.05) is 5.32 Å². The topological polar surface area (TPSA) is 131 Å². The van der Waals surface area contributed by atoms with Crippen molar-refractivity contribution in [1.82, 2.24) is 9.78 Å². The van der Waals surface area contributed by atoms with Crippen LogP contribution in [0.25, 0.3) is 0 Å². The van der Waals surface area contributed by atoms with Crippen molar-refractivity contribution >= 4 is 17.3 Å². The molecule has 116 valence electrons. The molecular formula is C14H11N5O4. The Kier molecular flexibility index (Phi) is 4.47. The minimum Gasteiger partial charge on any atom is -0.319 e. The van der Waals surface area contributed by atoms with Crippen LogP contribution < -0.4 is 10.9 Å². The number of aryl methyl sites for hydroxylation is 1. The molecule has 0 aliphatic carbocycles. The zero-order chi connectivity index (χ0) is 17.0. The van der Waals surface area contributed by atoms with Gasteiger partial charge in [-0.1, -0.05) is 0 Å².